The molecule has 0 atom stereocenters. The molecule has 1 N–H and O–H groups in total. The number of hydrogen-bond acceptors (Lipinski definition) is 3. The summed E-state index contributed by atoms with van der Waals surface area (Å²) < 4.78 is 39.9. The van der Waals surface area contributed by atoms with Gasteiger partial charge in [-0.3, -0.25) is 10.1 Å². The molecule has 1 heterocycles. The lowest BCUT2D eigenvalue weighted by Gasteiger charge is -2.11. The van der Waals surface area contributed by atoms with Crippen molar-refractivity contribution < 1.29 is 28.0 Å². The normalized spacial score (nSPS) is 11.7. The van der Waals surface area contributed by atoms with Gasteiger partial charge in [0.05, 0.1) is 10.5 Å². The Kier molecular flexibility index (Phi) is 4.15. The van der Waals surface area contributed by atoms with Crippen LogP contribution in [0.5, 0.6) is 0 Å². The Morgan fingerprint density at radius 2 is 1.88 bits per heavy atom. The second-order valence-corrected chi connectivity index (χ2v) is 5.62. The van der Waals surface area contributed by atoms with E-state index < -0.39 is 22.6 Å². The molecule has 0 radical (unpaired) electrons. The molecule has 26 heavy (non-hydrogen) atoms. The quantitative estimate of drug-likeness (QED) is 0.552. The maximum absolute atomic E-state index is 12.9. The van der Waals surface area contributed by atoms with Crippen molar-refractivity contribution in [1.29, 1.82) is 0 Å². The van der Waals surface area contributed by atoms with Crippen LogP contribution in [0.3, 0.4) is 0 Å². The van der Waals surface area contributed by atoms with Gasteiger partial charge in [-0.25, -0.2) is 4.79 Å². The summed E-state index contributed by atoms with van der Waals surface area (Å²) >= 11 is 0. The molecule has 0 spiro atoms. The number of carbonyl (C=O) groups is 1. The average Bonchev–Trinajstić information content (AvgIpc) is 2.92. The van der Waals surface area contributed by atoms with E-state index in [1.54, 1.807) is 0 Å². The number of carboxylic acids is 1. The standard InChI is InChI=1S/C17H11F3N2O4/c18-17(19,20)12-3-1-2-10(6-12)9-21-14-5-4-13(22(25)26)7-11(14)8-15(21)16(23)24/h1-8H,9H2,(H,23,24). The molecule has 134 valence electrons. The number of nitro groups is 1. The number of hydrogen-bond donors (Lipinski definition) is 1. The zero-order chi connectivity index (χ0) is 19.1. The molecule has 0 aliphatic heterocycles. The smallest absolute Gasteiger partial charge is 0.416 e. The predicted octanol–water partition coefficient (Wildman–Crippen LogP) is 4.31. The molecule has 0 saturated heterocycles. The van der Waals surface area contributed by atoms with Crippen LogP contribution in [0.25, 0.3) is 10.9 Å². The van der Waals surface area contributed by atoms with Crippen LogP contribution in [0.4, 0.5) is 18.9 Å². The van der Waals surface area contributed by atoms with Crippen LogP contribution in [0.2, 0.25) is 0 Å². The van der Waals surface area contributed by atoms with Gasteiger partial charge in [0.15, 0.2) is 0 Å². The molecule has 0 bridgehead atoms. The predicted molar refractivity (Wildman–Crippen MR) is 86.1 cm³/mol. The Morgan fingerprint density at radius 1 is 1.15 bits per heavy atom. The number of aromatic nitrogens is 1. The summed E-state index contributed by atoms with van der Waals surface area (Å²) in [6.07, 6.45) is -4.51. The summed E-state index contributed by atoms with van der Waals surface area (Å²) in [4.78, 5) is 21.8. The maximum atomic E-state index is 12.9. The van der Waals surface area contributed by atoms with Gasteiger partial charge in [-0.05, 0) is 29.8 Å². The van der Waals surface area contributed by atoms with Crippen LogP contribution in [0.15, 0.2) is 48.5 Å². The van der Waals surface area contributed by atoms with Gasteiger partial charge in [0, 0.05) is 29.6 Å². The molecule has 0 fully saturated rings. The number of benzene rings is 2. The van der Waals surface area contributed by atoms with Crippen molar-refractivity contribution in [1.82, 2.24) is 4.57 Å². The van der Waals surface area contributed by atoms with E-state index in [0.717, 1.165) is 12.1 Å². The highest BCUT2D eigenvalue weighted by molar-refractivity contribution is 5.95. The van der Waals surface area contributed by atoms with Crippen molar-refractivity contribution in [3.63, 3.8) is 0 Å². The fourth-order valence-electron chi connectivity index (χ4n) is 2.75. The van der Waals surface area contributed by atoms with Crippen LogP contribution >= 0.6 is 0 Å². The highest BCUT2D eigenvalue weighted by Gasteiger charge is 2.30. The van der Waals surface area contributed by atoms with Crippen molar-refractivity contribution in [3.8, 4) is 0 Å². The molecule has 0 amide bonds. The van der Waals surface area contributed by atoms with Crippen molar-refractivity contribution in [3.05, 3.63) is 75.5 Å². The summed E-state index contributed by atoms with van der Waals surface area (Å²) in [6.45, 7) is -0.118. The largest absolute Gasteiger partial charge is 0.477 e. The first kappa shape index (κ1) is 17.5. The van der Waals surface area contributed by atoms with Gasteiger partial charge in [0.25, 0.3) is 5.69 Å². The minimum atomic E-state index is -4.51. The van der Waals surface area contributed by atoms with Gasteiger partial charge in [-0.1, -0.05) is 12.1 Å². The average molecular weight is 364 g/mol. The van der Waals surface area contributed by atoms with Crippen molar-refractivity contribution >= 4 is 22.6 Å². The first-order valence-electron chi connectivity index (χ1n) is 7.34. The summed E-state index contributed by atoms with van der Waals surface area (Å²) in [5, 5.41) is 20.6. The number of nitro benzene ring substituents is 1. The fourth-order valence-corrected chi connectivity index (χ4v) is 2.75. The van der Waals surface area contributed by atoms with E-state index in [4.69, 9.17) is 0 Å². The third-order valence-electron chi connectivity index (χ3n) is 3.91. The van der Waals surface area contributed by atoms with E-state index in [0.29, 0.717) is 10.9 Å². The van der Waals surface area contributed by atoms with Crippen LogP contribution < -0.4 is 0 Å². The molecule has 9 heteroatoms. The Bertz CT molecular complexity index is 1020. The number of aromatic carboxylic acids is 1. The molecule has 3 rings (SSSR count). The minimum absolute atomic E-state index is 0.118. The fraction of sp³-hybridized carbons (Fsp3) is 0.118. The second kappa shape index (κ2) is 6.17. The summed E-state index contributed by atoms with van der Waals surface area (Å²) in [5.74, 6) is -1.28. The van der Waals surface area contributed by atoms with E-state index in [2.05, 4.69) is 0 Å². The molecular weight excluding hydrogens is 353 g/mol. The van der Waals surface area contributed by atoms with Crippen molar-refractivity contribution in [2.45, 2.75) is 12.7 Å². The van der Waals surface area contributed by atoms with E-state index in [1.165, 1.54) is 41.0 Å². The summed E-state index contributed by atoms with van der Waals surface area (Å²) in [7, 11) is 0. The monoisotopic (exact) mass is 364 g/mol. The highest BCUT2D eigenvalue weighted by atomic mass is 19.4. The first-order chi connectivity index (χ1) is 12.2. The van der Waals surface area contributed by atoms with Crippen molar-refractivity contribution in [2.75, 3.05) is 0 Å². The Hall–Kier alpha value is -3.36. The molecule has 0 aliphatic carbocycles. The van der Waals surface area contributed by atoms with Gasteiger partial charge in [-0.15, -0.1) is 0 Å². The summed E-state index contributed by atoms with van der Waals surface area (Å²) in [6, 6.07) is 9.67. The van der Waals surface area contributed by atoms with Gasteiger partial charge < -0.3 is 9.67 Å². The molecule has 0 aliphatic rings. The van der Waals surface area contributed by atoms with E-state index in [-0.39, 0.29) is 23.5 Å². The third-order valence-corrected chi connectivity index (χ3v) is 3.91. The third kappa shape index (κ3) is 3.23. The number of fused-ring (bicyclic) bond motifs is 1. The number of non-ortho nitro benzene ring substituents is 1. The zero-order valence-electron chi connectivity index (χ0n) is 13.0. The van der Waals surface area contributed by atoms with Crippen LogP contribution in [0, 0.1) is 10.1 Å². The first-order valence-corrected chi connectivity index (χ1v) is 7.34. The highest BCUT2D eigenvalue weighted by Crippen LogP contribution is 2.30. The van der Waals surface area contributed by atoms with Gasteiger partial charge in [0.2, 0.25) is 0 Å². The Labute approximate surface area is 144 Å². The summed E-state index contributed by atoms with van der Waals surface area (Å²) in [5.41, 5.74) is -0.564. The molecule has 0 saturated carbocycles. The lowest BCUT2D eigenvalue weighted by molar-refractivity contribution is -0.384. The SMILES string of the molecule is O=C(O)c1cc2cc([N+](=O)[O-])ccc2n1Cc1cccc(C(F)(F)F)c1. The van der Waals surface area contributed by atoms with Crippen LogP contribution in [-0.2, 0) is 12.7 Å². The Balaban J connectivity index is 2.11. The van der Waals surface area contributed by atoms with Gasteiger partial charge >= 0.3 is 12.1 Å². The number of rotatable bonds is 4. The zero-order valence-corrected chi connectivity index (χ0v) is 13.0. The van der Waals surface area contributed by atoms with Crippen LogP contribution in [-0.4, -0.2) is 20.6 Å². The Morgan fingerprint density at radius 3 is 2.50 bits per heavy atom. The van der Waals surface area contributed by atoms with Gasteiger partial charge in [0.1, 0.15) is 5.69 Å². The van der Waals surface area contributed by atoms with Gasteiger partial charge in [-0.2, -0.15) is 13.2 Å². The topological polar surface area (TPSA) is 85.4 Å². The second-order valence-electron chi connectivity index (χ2n) is 5.62. The molecule has 6 nitrogen and oxygen atoms in total. The van der Waals surface area contributed by atoms with E-state index in [1.807, 2.05) is 0 Å². The number of nitrogens with zero attached hydrogens (tertiary/aromatic N) is 2. The lowest BCUT2D eigenvalue weighted by atomic mass is 10.1. The lowest BCUT2D eigenvalue weighted by Crippen LogP contribution is -2.11. The molecule has 0 unspecified atom stereocenters. The molecular formula is C17H11F3N2O4. The maximum Gasteiger partial charge on any atom is 0.416 e. The van der Waals surface area contributed by atoms with E-state index in [9.17, 15) is 33.2 Å². The molecule has 3 aromatic rings. The number of carboxylic acid groups (broad SMARTS) is 1. The molecule has 2 aromatic carbocycles. The number of halogens is 3. The minimum Gasteiger partial charge on any atom is -0.477 e. The van der Waals surface area contributed by atoms with Crippen molar-refractivity contribution in [2.24, 2.45) is 0 Å². The molecule has 1 aromatic heterocycles. The number of alkyl halides is 3. The van der Waals surface area contributed by atoms with E-state index >= 15 is 0 Å². The van der Waals surface area contributed by atoms with Crippen LogP contribution in [0.1, 0.15) is 21.6 Å².